The second-order valence-corrected chi connectivity index (χ2v) is 11.6. The molecule has 0 fully saturated rings. The lowest BCUT2D eigenvalue weighted by Gasteiger charge is -2.24. The van der Waals surface area contributed by atoms with Crippen molar-refractivity contribution in [3.8, 4) is 22.6 Å². The molecular weight excluding hydrogens is 346 g/mol. The molecule has 4 heteroatoms. The number of benzene rings is 2. The molecule has 0 radical (unpaired) electrons. The smallest absolute Gasteiger partial charge is 0.130 e. The van der Waals surface area contributed by atoms with Gasteiger partial charge in [-0.2, -0.15) is 0 Å². The minimum absolute atomic E-state index is 0.148. The second kappa shape index (κ2) is 8.52. The average Bonchev–Trinajstić information content (AvgIpc) is 2.58. The van der Waals surface area contributed by atoms with Crippen LogP contribution < -0.4 is 9.05 Å². The van der Waals surface area contributed by atoms with Gasteiger partial charge in [-0.05, 0) is 18.6 Å². The highest BCUT2D eigenvalue weighted by molar-refractivity contribution is 7.35. The van der Waals surface area contributed by atoms with Crippen LogP contribution in [0.2, 0.25) is 0 Å². The van der Waals surface area contributed by atoms with Crippen molar-refractivity contribution in [1.82, 2.24) is 0 Å². The Kier molecular flexibility index (Phi) is 6.89. The lowest BCUT2D eigenvalue weighted by atomic mass is 10.0. The molecule has 0 aromatic heterocycles. The maximum Gasteiger partial charge on any atom is 0.130 e. The third kappa shape index (κ3) is 6.28. The van der Waals surface area contributed by atoms with Gasteiger partial charge in [-0.25, -0.2) is 0 Å². The lowest BCUT2D eigenvalue weighted by Crippen LogP contribution is -2.11. The number of para-hydroxylation sites is 2. The first-order chi connectivity index (χ1) is 11.7. The van der Waals surface area contributed by atoms with Gasteiger partial charge in [0.2, 0.25) is 0 Å². The molecule has 0 saturated heterocycles. The highest BCUT2D eigenvalue weighted by atomic mass is 31.1. The van der Waals surface area contributed by atoms with E-state index in [1.165, 1.54) is 0 Å². The van der Waals surface area contributed by atoms with Crippen molar-refractivity contribution < 1.29 is 9.05 Å². The first kappa shape index (κ1) is 20.2. The van der Waals surface area contributed by atoms with Crippen LogP contribution in [-0.4, -0.2) is 10.3 Å². The molecule has 2 rings (SSSR count). The fourth-order valence-electron chi connectivity index (χ4n) is 2.03. The van der Waals surface area contributed by atoms with E-state index in [9.17, 15) is 0 Å². The Morgan fingerprint density at radius 1 is 0.720 bits per heavy atom. The van der Waals surface area contributed by atoms with E-state index in [0.717, 1.165) is 29.0 Å². The predicted molar refractivity (Wildman–Crippen MR) is 114 cm³/mol. The third-order valence-corrected chi connectivity index (χ3v) is 6.02. The van der Waals surface area contributed by atoms with Crippen LogP contribution in [0, 0.1) is 0 Å². The van der Waals surface area contributed by atoms with Crippen LogP contribution >= 0.6 is 17.6 Å². The van der Waals surface area contributed by atoms with E-state index in [0.29, 0.717) is 17.6 Å². The molecule has 2 aromatic carbocycles. The van der Waals surface area contributed by atoms with Crippen LogP contribution in [0.1, 0.15) is 48.0 Å². The van der Waals surface area contributed by atoms with Crippen molar-refractivity contribution in [3.63, 3.8) is 0 Å². The standard InChI is InChI=1S/C21H30O2P2/c1-7-21(5,6)25-23-19-15-11-9-13-17(19)16-12-8-10-14-18(16)22-24-20(2,3)4/h8-15,24-25H,7H2,1-6H3. The number of rotatable bonds is 7. The van der Waals surface area contributed by atoms with Crippen LogP contribution in [0.5, 0.6) is 11.5 Å². The molecule has 0 bridgehead atoms. The summed E-state index contributed by atoms with van der Waals surface area (Å²) in [7, 11) is 0.837. The van der Waals surface area contributed by atoms with Crippen molar-refractivity contribution in [2.75, 3.05) is 0 Å². The highest BCUT2D eigenvalue weighted by Crippen LogP contribution is 2.44. The van der Waals surface area contributed by atoms with E-state index in [-0.39, 0.29) is 10.3 Å². The Labute approximate surface area is 156 Å². The van der Waals surface area contributed by atoms with E-state index in [4.69, 9.17) is 9.05 Å². The van der Waals surface area contributed by atoms with Crippen molar-refractivity contribution in [1.29, 1.82) is 0 Å². The summed E-state index contributed by atoms with van der Waals surface area (Å²) >= 11 is 0. The maximum absolute atomic E-state index is 6.22. The van der Waals surface area contributed by atoms with Gasteiger partial charge in [0.15, 0.2) is 0 Å². The van der Waals surface area contributed by atoms with Gasteiger partial charge in [0.25, 0.3) is 0 Å². The fraction of sp³-hybridized carbons (Fsp3) is 0.429. The van der Waals surface area contributed by atoms with Crippen molar-refractivity contribution in [2.24, 2.45) is 0 Å². The van der Waals surface area contributed by atoms with Crippen LogP contribution in [0.15, 0.2) is 48.5 Å². The summed E-state index contributed by atoms with van der Waals surface area (Å²) in [5, 5.41) is 0.340. The van der Waals surface area contributed by atoms with E-state index in [2.05, 4.69) is 71.9 Å². The van der Waals surface area contributed by atoms with Crippen LogP contribution in [-0.2, 0) is 0 Å². The molecule has 136 valence electrons. The van der Waals surface area contributed by atoms with Gasteiger partial charge in [-0.15, -0.1) is 0 Å². The Balaban J connectivity index is 2.30. The third-order valence-electron chi connectivity index (χ3n) is 3.85. The summed E-state index contributed by atoms with van der Waals surface area (Å²) in [5.41, 5.74) is 2.19. The van der Waals surface area contributed by atoms with Crippen molar-refractivity contribution in [2.45, 2.75) is 58.3 Å². The maximum atomic E-state index is 6.22. The van der Waals surface area contributed by atoms with Crippen LogP contribution in [0.4, 0.5) is 0 Å². The molecule has 0 aliphatic heterocycles. The quantitative estimate of drug-likeness (QED) is 0.473. The molecule has 0 spiro atoms. The molecule has 2 atom stereocenters. The monoisotopic (exact) mass is 376 g/mol. The Morgan fingerprint density at radius 3 is 1.60 bits per heavy atom. The zero-order valence-corrected chi connectivity index (χ0v) is 18.1. The SMILES string of the molecule is CCC(C)(C)POc1ccccc1-c1ccccc1OPC(C)(C)C. The molecule has 2 aromatic rings. The molecule has 2 nitrogen and oxygen atoms in total. The molecule has 25 heavy (non-hydrogen) atoms. The van der Waals surface area contributed by atoms with Gasteiger partial charge in [-0.3, -0.25) is 0 Å². The first-order valence-corrected chi connectivity index (χ1v) is 10.6. The second-order valence-electron chi connectivity index (χ2n) is 7.89. The van der Waals surface area contributed by atoms with E-state index in [1.54, 1.807) is 0 Å². The summed E-state index contributed by atoms with van der Waals surface area (Å²) in [4.78, 5) is 0. The van der Waals surface area contributed by atoms with E-state index in [1.807, 2.05) is 18.2 Å². The van der Waals surface area contributed by atoms with Crippen LogP contribution in [0.25, 0.3) is 11.1 Å². The van der Waals surface area contributed by atoms with Crippen molar-refractivity contribution >= 4 is 17.6 Å². The highest BCUT2D eigenvalue weighted by Gasteiger charge is 2.19. The average molecular weight is 376 g/mol. The molecular formula is C21H30O2P2. The van der Waals surface area contributed by atoms with Gasteiger partial charge < -0.3 is 9.05 Å². The Bertz CT molecular complexity index is 690. The van der Waals surface area contributed by atoms with E-state index >= 15 is 0 Å². The summed E-state index contributed by atoms with van der Waals surface area (Å²) in [6.07, 6.45) is 1.10. The largest absolute Gasteiger partial charge is 0.476 e. The summed E-state index contributed by atoms with van der Waals surface area (Å²) in [6, 6.07) is 16.5. The van der Waals surface area contributed by atoms with Gasteiger partial charge in [0.05, 0.1) is 17.6 Å². The molecule has 0 aliphatic rings. The van der Waals surface area contributed by atoms with Crippen LogP contribution in [0.3, 0.4) is 0 Å². The minimum Gasteiger partial charge on any atom is -0.476 e. The molecule has 0 aliphatic carbocycles. The molecule has 0 saturated carbocycles. The molecule has 0 N–H and O–H groups in total. The topological polar surface area (TPSA) is 18.5 Å². The number of hydrogen-bond donors (Lipinski definition) is 0. The van der Waals surface area contributed by atoms with Gasteiger partial charge >= 0.3 is 0 Å². The van der Waals surface area contributed by atoms with Gasteiger partial charge in [0.1, 0.15) is 11.5 Å². The predicted octanol–water partition coefficient (Wildman–Crippen LogP) is 7.29. The zero-order valence-electron chi connectivity index (χ0n) is 16.1. The van der Waals surface area contributed by atoms with Crippen molar-refractivity contribution in [3.05, 3.63) is 48.5 Å². The first-order valence-electron chi connectivity index (χ1n) is 8.78. The Hall–Kier alpha value is -1.10. The summed E-state index contributed by atoms with van der Waals surface area (Å²) in [6.45, 7) is 13.3. The van der Waals surface area contributed by atoms with Gasteiger partial charge in [0, 0.05) is 21.4 Å². The summed E-state index contributed by atoms with van der Waals surface area (Å²) in [5.74, 6) is 1.85. The summed E-state index contributed by atoms with van der Waals surface area (Å²) < 4.78 is 12.4. The molecule has 0 amide bonds. The Morgan fingerprint density at radius 2 is 1.16 bits per heavy atom. The number of hydrogen-bond acceptors (Lipinski definition) is 2. The van der Waals surface area contributed by atoms with E-state index < -0.39 is 0 Å². The fourth-order valence-corrected chi connectivity index (χ4v) is 3.33. The lowest BCUT2D eigenvalue weighted by molar-refractivity contribution is 0.569. The zero-order chi connectivity index (χ0) is 18.5. The normalized spacial score (nSPS) is 13.0. The molecule has 2 unspecified atom stereocenters. The molecule has 0 heterocycles. The van der Waals surface area contributed by atoms with Gasteiger partial charge in [-0.1, -0.05) is 77.9 Å². The minimum atomic E-state index is 0.148.